The average molecular weight is 213 g/mol. The topological polar surface area (TPSA) is 21.3 Å². The summed E-state index contributed by atoms with van der Waals surface area (Å²) in [7, 11) is 1.77. The van der Waals surface area contributed by atoms with Gasteiger partial charge in [0.15, 0.2) is 0 Å². The second-order valence-corrected chi connectivity index (χ2v) is 5.18. The first kappa shape index (κ1) is 13.0. The highest BCUT2D eigenvalue weighted by atomic mass is 16.5. The molecule has 0 spiro atoms. The fraction of sp³-hybridized carbons (Fsp3) is 1.00. The maximum atomic E-state index is 5.20. The Labute approximate surface area is 94.8 Å². The highest BCUT2D eigenvalue weighted by Gasteiger charge is 2.18. The fourth-order valence-corrected chi connectivity index (χ4v) is 2.52. The van der Waals surface area contributed by atoms with Crippen LogP contribution in [0.25, 0.3) is 0 Å². The quantitative estimate of drug-likeness (QED) is 0.685. The standard InChI is InChI=1S/C13H27NO/c1-11-5-4-6-13(9-11)7-8-14-10-12(2)15-3/h11-14H,4-10H2,1-3H3. The Kier molecular flexibility index (Phi) is 6.26. The molecule has 0 aromatic carbocycles. The molecule has 0 aliphatic heterocycles. The summed E-state index contributed by atoms with van der Waals surface area (Å²) < 4.78 is 5.20. The van der Waals surface area contributed by atoms with Crippen LogP contribution in [-0.4, -0.2) is 26.3 Å². The van der Waals surface area contributed by atoms with Crippen LogP contribution in [0.4, 0.5) is 0 Å². The molecule has 15 heavy (non-hydrogen) atoms. The molecule has 0 aromatic heterocycles. The zero-order valence-corrected chi connectivity index (χ0v) is 10.6. The van der Waals surface area contributed by atoms with Crippen LogP contribution in [0.2, 0.25) is 0 Å². The molecule has 2 heteroatoms. The summed E-state index contributed by atoms with van der Waals surface area (Å²) in [4.78, 5) is 0. The zero-order valence-electron chi connectivity index (χ0n) is 10.6. The molecule has 3 atom stereocenters. The van der Waals surface area contributed by atoms with Crippen LogP contribution >= 0.6 is 0 Å². The lowest BCUT2D eigenvalue weighted by Crippen LogP contribution is -2.28. The summed E-state index contributed by atoms with van der Waals surface area (Å²) in [6, 6.07) is 0. The summed E-state index contributed by atoms with van der Waals surface area (Å²) in [6.07, 6.45) is 7.48. The molecule has 90 valence electrons. The van der Waals surface area contributed by atoms with Gasteiger partial charge in [-0.1, -0.05) is 26.2 Å². The van der Waals surface area contributed by atoms with E-state index in [-0.39, 0.29) is 0 Å². The Morgan fingerprint density at radius 3 is 2.87 bits per heavy atom. The van der Waals surface area contributed by atoms with Gasteiger partial charge < -0.3 is 10.1 Å². The number of hydrogen-bond acceptors (Lipinski definition) is 2. The second kappa shape index (κ2) is 7.24. The summed E-state index contributed by atoms with van der Waals surface area (Å²) in [5.41, 5.74) is 0. The molecule has 0 heterocycles. The van der Waals surface area contributed by atoms with E-state index in [1.165, 1.54) is 32.1 Å². The third-order valence-corrected chi connectivity index (χ3v) is 3.61. The molecule has 0 radical (unpaired) electrons. The van der Waals surface area contributed by atoms with E-state index in [1.807, 2.05) is 0 Å². The average Bonchev–Trinajstić information content (AvgIpc) is 2.24. The minimum absolute atomic E-state index is 0.343. The van der Waals surface area contributed by atoms with E-state index in [4.69, 9.17) is 4.74 Å². The van der Waals surface area contributed by atoms with Crippen LogP contribution in [-0.2, 0) is 4.74 Å². The molecular formula is C13H27NO. The highest BCUT2D eigenvalue weighted by molar-refractivity contribution is 4.71. The molecule has 0 amide bonds. The first-order chi connectivity index (χ1) is 7.22. The number of nitrogens with one attached hydrogen (secondary N) is 1. The van der Waals surface area contributed by atoms with Gasteiger partial charge in [0, 0.05) is 13.7 Å². The van der Waals surface area contributed by atoms with Crippen LogP contribution in [0.15, 0.2) is 0 Å². The lowest BCUT2D eigenvalue weighted by atomic mass is 9.81. The smallest absolute Gasteiger partial charge is 0.0667 e. The summed E-state index contributed by atoms with van der Waals surface area (Å²) in [5.74, 6) is 1.93. The van der Waals surface area contributed by atoms with Gasteiger partial charge >= 0.3 is 0 Å². The number of rotatable bonds is 6. The fourth-order valence-electron chi connectivity index (χ4n) is 2.52. The number of hydrogen-bond donors (Lipinski definition) is 1. The molecule has 1 aliphatic rings. The normalized spacial score (nSPS) is 29.0. The SMILES string of the molecule is COC(C)CNCCC1CCCC(C)C1. The molecule has 1 aliphatic carbocycles. The summed E-state index contributed by atoms with van der Waals surface area (Å²) in [6.45, 7) is 6.64. The molecule has 2 nitrogen and oxygen atoms in total. The van der Waals surface area contributed by atoms with Gasteiger partial charge in [-0.25, -0.2) is 0 Å². The van der Waals surface area contributed by atoms with E-state index < -0.39 is 0 Å². The number of ether oxygens (including phenoxy) is 1. The predicted octanol–water partition coefficient (Wildman–Crippen LogP) is 2.83. The van der Waals surface area contributed by atoms with Gasteiger partial charge in [-0.3, -0.25) is 0 Å². The van der Waals surface area contributed by atoms with Crippen molar-refractivity contribution in [3.63, 3.8) is 0 Å². The molecule has 0 saturated heterocycles. The molecule has 0 bridgehead atoms. The molecule has 1 rings (SSSR count). The molecule has 1 fully saturated rings. The monoisotopic (exact) mass is 213 g/mol. The Morgan fingerprint density at radius 1 is 1.40 bits per heavy atom. The molecule has 1 N–H and O–H groups in total. The first-order valence-electron chi connectivity index (χ1n) is 6.46. The molecule has 0 aromatic rings. The lowest BCUT2D eigenvalue weighted by Gasteiger charge is -2.26. The van der Waals surface area contributed by atoms with Crippen LogP contribution < -0.4 is 5.32 Å². The van der Waals surface area contributed by atoms with Gasteiger partial charge in [-0.15, -0.1) is 0 Å². The maximum absolute atomic E-state index is 5.20. The largest absolute Gasteiger partial charge is 0.380 e. The Morgan fingerprint density at radius 2 is 2.20 bits per heavy atom. The third kappa shape index (κ3) is 5.53. The Balaban J connectivity index is 1.99. The van der Waals surface area contributed by atoms with Gasteiger partial charge in [0.25, 0.3) is 0 Å². The first-order valence-corrected chi connectivity index (χ1v) is 6.46. The zero-order chi connectivity index (χ0) is 11.1. The van der Waals surface area contributed by atoms with Gasteiger partial charge in [-0.2, -0.15) is 0 Å². The van der Waals surface area contributed by atoms with E-state index >= 15 is 0 Å². The van der Waals surface area contributed by atoms with Crippen LogP contribution in [0.3, 0.4) is 0 Å². The minimum Gasteiger partial charge on any atom is -0.380 e. The van der Waals surface area contributed by atoms with E-state index in [9.17, 15) is 0 Å². The van der Waals surface area contributed by atoms with E-state index in [1.54, 1.807) is 7.11 Å². The van der Waals surface area contributed by atoms with Crippen LogP contribution in [0.1, 0.15) is 46.0 Å². The van der Waals surface area contributed by atoms with Gasteiger partial charge in [0.1, 0.15) is 0 Å². The van der Waals surface area contributed by atoms with Crippen molar-refractivity contribution in [2.24, 2.45) is 11.8 Å². The van der Waals surface area contributed by atoms with Crippen molar-refractivity contribution >= 4 is 0 Å². The van der Waals surface area contributed by atoms with Gasteiger partial charge in [-0.05, 0) is 38.1 Å². The predicted molar refractivity (Wildman–Crippen MR) is 65.1 cm³/mol. The van der Waals surface area contributed by atoms with Crippen molar-refractivity contribution in [2.75, 3.05) is 20.2 Å². The maximum Gasteiger partial charge on any atom is 0.0667 e. The Hall–Kier alpha value is -0.0800. The third-order valence-electron chi connectivity index (χ3n) is 3.61. The summed E-state index contributed by atoms with van der Waals surface area (Å²) >= 11 is 0. The van der Waals surface area contributed by atoms with Crippen molar-refractivity contribution in [3.8, 4) is 0 Å². The molecule has 3 unspecified atom stereocenters. The van der Waals surface area contributed by atoms with Gasteiger partial charge in [0.2, 0.25) is 0 Å². The van der Waals surface area contributed by atoms with Crippen molar-refractivity contribution in [3.05, 3.63) is 0 Å². The van der Waals surface area contributed by atoms with Crippen molar-refractivity contribution in [2.45, 2.75) is 52.1 Å². The van der Waals surface area contributed by atoms with Crippen molar-refractivity contribution in [1.82, 2.24) is 5.32 Å². The molecular weight excluding hydrogens is 186 g/mol. The highest BCUT2D eigenvalue weighted by Crippen LogP contribution is 2.30. The van der Waals surface area contributed by atoms with E-state index in [2.05, 4.69) is 19.2 Å². The Bertz CT molecular complexity index is 161. The lowest BCUT2D eigenvalue weighted by molar-refractivity contribution is 0.116. The molecule has 1 saturated carbocycles. The second-order valence-electron chi connectivity index (χ2n) is 5.18. The van der Waals surface area contributed by atoms with E-state index in [0.29, 0.717) is 6.10 Å². The van der Waals surface area contributed by atoms with Crippen molar-refractivity contribution < 1.29 is 4.74 Å². The van der Waals surface area contributed by atoms with Crippen molar-refractivity contribution in [1.29, 1.82) is 0 Å². The van der Waals surface area contributed by atoms with Gasteiger partial charge in [0.05, 0.1) is 6.10 Å². The number of methoxy groups -OCH3 is 1. The van der Waals surface area contributed by atoms with Crippen LogP contribution in [0, 0.1) is 11.8 Å². The summed E-state index contributed by atoms with van der Waals surface area (Å²) in [5, 5.41) is 3.47. The van der Waals surface area contributed by atoms with E-state index in [0.717, 1.165) is 24.9 Å². The van der Waals surface area contributed by atoms with Crippen LogP contribution in [0.5, 0.6) is 0 Å². The minimum atomic E-state index is 0.343.